The van der Waals surface area contributed by atoms with Gasteiger partial charge in [-0.3, -0.25) is 4.79 Å². The highest BCUT2D eigenvalue weighted by molar-refractivity contribution is 5.93. The van der Waals surface area contributed by atoms with Crippen molar-refractivity contribution in [3.8, 4) is 0 Å². The fraction of sp³-hybridized carbons (Fsp3) is 0.375. The summed E-state index contributed by atoms with van der Waals surface area (Å²) < 4.78 is 28.3. The normalized spacial score (nSPS) is 9.87. The van der Waals surface area contributed by atoms with Crippen LogP contribution >= 0.6 is 12.4 Å². The Kier molecular flexibility index (Phi) is 5.88. The lowest BCUT2D eigenvalue weighted by atomic mass is 10.3. The third kappa shape index (κ3) is 4.26. The first-order valence-electron chi connectivity index (χ1n) is 3.97. The summed E-state index contributed by atoms with van der Waals surface area (Å²) in [6.07, 6.45) is -1.37. The van der Waals surface area contributed by atoms with Crippen molar-refractivity contribution in [3.05, 3.63) is 23.7 Å². The molecular weight excluding hydrogens is 230 g/mol. The summed E-state index contributed by atoms with van der Waals surface area (Å²) in [5.74, 6) is -0.152. The Bertz CT molecular complexity index is 317. The maximum atomic E-state index is 11.7. The van der Waals surface area contributed by atoms with Crippen LogP contribution in [-0.2, 0) is 6.54 Å². The second-order valence-corrected chi connectivity index (χ2v) is 2.61. The van der Waals surface area contributed by atoms with Gasteiger partial charge in [-0.05, 0) is 6.07 Å². The third-order valence-electron chi connectivity index (χ3n) is 1.53. The van der Waals surface area contributed by atoms with Crippen LogP contribution in [0.2, 0.25) is 0 Å². The molecule has 1 aromatic rings. The van der Waals surface area contributed by atoms with Crippen molar-refractivity contribution in [2.24, 2.45) is 5.73 Å². The van der Waals surface area contributed by atoms with E-state index in [9.17, 15) is 13.6 Å². The zero-order valence-corrected chi connectivity index (χ0v) is 8.52. The molecule has 0 saturated carbocycles. The van der Waals surface area contributed by atoms with Gasteiger partial charge in [0.05, 0.1) is 18.7 Å². The number of hydrogen-bond acceptors (Lipinski definition) is 3. The first-order valence-corrected chi connectivity index (χ1v) is 3.97. The number of nitrogens with two attached hydrogens (primary N) is 1. The van der Waals surface area contributed by atoms with Crippen molar-refractivity contribution in [2.45, 2.75) is 13.0 Å². The van der Waals surface area contributed by atoms with Gasteiger partial charge in [-0.15, -0.1) is 12.4 Å². The Hall–Kier alpha value is -1.14. The topological polar surface area (TPSA) is 68.3 Å². The van der Waals surface area contributed by atoms with Crippen LogP contribution in [0.15, 0.2) is 16.7 Å². The van der Waals surface area contributed by atoms with Gasteiger partial charge >= 0.3 is 0 Å². The highest BCUT2D eigenvalue weighted by Crippen LogP contribution is 2.06. The van der Waals surface area contributed by atoms with Crippen molar-refractivity contribution in [1.29, 1.82) is 0 Å². The van der Waals surface area contributed by atoms with Gasteiger partial charge < -0.3 is 15.5 Å². The fourth-order valence-electron chi connectivity index (χ4n) is 0.879. The molecule has 0 fully saturated rings. The summed E-state index contributed by atoms with van der Waals surface area (Å²) in [5.41, 5.74) is 5.44. The van der Waals surface area contributed by atoms with Crippen LogP contribution in [0.4, 0.5) is 8.78 Å². The van der Waals surface area contributed by atoms with Crippen LogP contribution in [0.25, 0.3) is 0 Å². The average Bonchev–Trinajstić information content (AvgIpc) is 2.62. The first kappa shape index (κ1) is 13.9. The minimum atomic E-state index is -2.56. The molecule has 0 aliphatic rings. The van der Waals surface area contributed by atoms with E-state index in [1.807, 2.05) is 5.32 Å². The van der Waals surface area contributed by atoms with Gasteiger partial charge in [-0.25, -0.2) is 8.78 Å². The minimum Gasteiger partial charge on any atom is -0.467 e. The second-order valence-electron chi connectivity index (χ2n) is 2.61. The van der Waals surface area contributed by atoms with Crippen molar-refractivity contribution in [2.75, 3.05) is 6.54 Å². The standard InChI is InChI=1S/C8H10F2N2O2.ClH/c9-7(10)3-12-8(13)5-1-6(2-11)14-4-5;/h1,4,7H,2-3,11H2,(H,12,13);1H. The first-order chi connectivity index (χ1) is 6.63. The number of carbonyl (C=O) groups is 1. The smallest absolute Gasteiger partial charge is 0.255 e. The van der Waals surface area contributed by atoms with Gasteiger partial charge in [-0.1, -0.05) is 0 Å². The van der Waals surface area contributed by atoms with E-state index in [-0.39, 0.29) is 24.5 Å². The van der Waals surface area contributed by atoms with Crippen LogP contribution in [0.1, 0.15) is 16.1 Å². The molecule has 3 N–H and O–H groups in total. The molecule has 1 heterocycles. The summed E-state index contributed by atoms with van der Waals surface area (Å²) in [5, 5.41) is 2.05. The van der Waals surface area contributed by atoms with Crippen LogP contribution in [0.3, 0.4) is 0 Å². The summed E-state index contributed by atoms with van der Waals surface area (Å²) in [4.78, 5) is 11.1. The molecule has 0 unspecified atom stereocenters. The lowest BCUT2D eigenvalue weighted by Gasteiger charge is -2.00. The van der Waals surface area contributed by atoms with E-state index in [1.165, 1.54) is 12.3 Å². The van der Waals surface area contributed by atoms with E-state index < -0.39 is 18.9 Å². The molecule has 0 aliphatic carbocycles. The number of carbonyl (C=O) groups excluding carboxylic acids is 1. The predicted octanol–water partition coefficient (Wildman–Crippen LogP) is 1.16. The number of furan rings is 1. The molecule has 0 radical (unpaired) electrons. The predicted molar refractivity (Wildman–Crippen MR) is 52.2 cm³/mol. The Morgan fingerprint density at radius 1 is 1.60 bits per heavy atom. The van der Waals surface area contributed by atoms with E-state index in [4.69, 9.17) is 10.2 Å². The van der Waals surface area contributed by atoms with Gasteiger partial charge in [-0.2, -0.15) is 0 Å². The zero-order valence-electron chi connectivity index (χ0n) is 7.70. The number of amides is 1. The Morgan fingerprint density at radius 2 is 2.27 bits per heavy atom. The van der Waals surface area contributed by atoms with Gasteiger partial charge in [0.1, 0.15) is 12.0 Å². The molecular formula is C8H11ClF2N2O2. The van der Waals surface area contributed by atoms with Gasteiger partial charge in [0.25, 0.3) is 12.3 Å². The summed E-state index contributed by atoms with van der Waals surface area (Å²) >= 11 is 0. The molecule has 1 aromatic heterocycles. The molecule has 1 rings (SSSR count). The Balaban J connectivity index is 0.00000196. The molecule has 15 heavy (non-hydrogen) atoms. The van der Waals surface area contributed by atoms with Crippen LogP contribution in [0.5, 0.6) is 0 Å². The Labute approximate surface area is 91.2 Å². The molecule has 0 spiro atoms. The maximum absolute atomic E-state index is 11.7. The third-order valence-corrected chi connectivity index (χ3v) is 1.53. The summed E-state index contributed by atoms with van der Waals surface area (Å²) in [6.45, 7) is -0.496. The second kappa shape index (κ2) is 6.36. The number of rotatable bonds is 4. The lowest BCUT2D eigenvalue weighted by molar-refractivity contribution is 0.0891. The quantitative estimate of drug-likeness (QED) is 0.830. The number of halogens is 3. The Morgan fingerprint density at radius 3 is 2.73 bits per heavy atom. The zero-order chi connectivity index (χ0) is 10.6. The van der Waals surface area contributed by atoms with Crippen LogP contribution in [-0.4, -0.2) is 18.9 Å². The van der Waals surface area contributed by atoms with Gasteiger partial charge in [0.15, 0.2) is 0 Å². The lowest BCUT2D eigenvalue weighted by Crippen LogP contribution is -2.28. The fourth-order valence-corrected chi connectivity index (χ4v) is 0.879. The maximum Gasteiger partial charge on any atom is 0.255 e. The highest BCUT2D eigenvalue weighted by atomic mass is 35.5. The van der Waals surface area contributed by atoms with Crippen LogP contribution < -0.4 is 11.1 Å². The number of alkyl halides is 2. The highest BCUT2D eigenvalue weighted by Gasteiger charge is 2.11. The summed E-state index contributed by atoms with van der Waals surface area (Å²) in [6, 6.07) is 1.42. The van der Waals surface area contributed by atoms with E-state index in [0.717, 1.165) is 0 Å². The molecule has 1 amide bonds. The van der Waals surface area contributed by atoms with E-state index in [1.54, 1.807) is 0 Å². The van der Waals surface area contributed by atoms with Gasteiger partial charge in [0.2, 0.25) is 0 Å². The molecule has 0 atom stereocenters. The molecule has 7 heteroatoms. The van der Waals surface area contributed by atoms with Gasteiger partial charge in [0, 0.05) is 0 Å². The molecule has 86 valence electrons. The van der Waals surface area contributed by atoms with Crippen molar-refractivity contribution in [3.63, 3.8) is 0 Å². The average molecular weight is 241 g/mol. The monoisotopic (exact) mass is 240 g/mol. The largest absolute Gasteiger partial charge is 0.467 e. The van der Waals surface area contributed by atoms with Crippen LogP contribution in [0, 0.1) is 0 Å². The molecule has 0 aliphatic heterocycles. The van der Waals surface area contributed by atoms with E-state index >= 15 is 0 Å². The molecule has 0 bridgehead atoms. The van der Waals surface area contributed by atoms with Crippen molar-refractivity contribution >= 4 is 18.3 Å². The SMILES string of the molecule is Cl.NCc1cc(C(=O)NCC(F)F)co1. The molecule has 0 saturated heterocycles. The molecule has 0 aromatic carbocycles. The van der Waals surface area contributed by atoms with Crippen molar-refractivity contribution < 1.29 is 18.0 Å². The molecule has 4 nitrogen and oxygen atoms in total. The minimum absolute atomic E-state index is 0. The number of hydrogen-bond donors (Lipinski definition) is 2. The van der Waals surface area contributed by atoms with E-state index in [0.29, 0.717) is 5.76 Å². The van der Waals surface area contributed by atoms with Crippen molar-refractivity contribution in [1.82, 2.24) is 5.32 Å². The number of nitrogens with one attached hydrogen (secondary N) is 1. The summed E-state index contributed by atoms with van der Waals surface area (Å²) in [7, 11) is 0. The van der Waals surface area contributed by atoms with E-state index in [2.05, 4.69) is 0 Å².